The quantitative estimate of drug-likeness (QED) is 0.412. The summed E-state index contributed by atoms with van der Waals surface area (Å²) in [5.74, 6) is 4.84. The van der Waals surface area contributed by atoms with Crippen molar-refractivity contribution >= 4 is 11.7 Å². The molecule has 0 saturated carbocycles. The van der Waals surface area contributed by atoms with Gasteiger partial charge in [-0.05, 0) is 53.2 Å². The summed E-state index contributed by atoms with van der Waals surface area (Å²) in [6.45, 7) is 20.7. The highest BCUT2D eigenvalue weighted by Gasteiger charge is 2.39. The summed E-state index contributed by atoms with van der Waals surface area (Å²) in [5.41, 5.74) is 5.94. The summed E-state index contributed by atoms with van der Waals surface area (Å²) in [6, 6.07) is 0.178. The van der Waals surface area contributed by atoms with Crippen LogP contribution in [0.25, 0.3) is 0 Å². The van der Waals surface area contributed by atoms with Crippen molar-refractivity contribution in [2.24, 2.45) is 34.6 Å². The molecule has 35 heavy (non-hydrogen) atoms. The number of aliphatic imine (C=N–C) groups is 1. The lowest BCUT2D eigenvalue weighted by Gasteiger charge is -2.36. The van der Waals surface area contributed by atoms with Gasteiger partial charge in [0.1, 0.15) is 12.2 Å². The van der Waals surface area contributed by atoms with Gasteiger partial charge in [0.25, 0.3) is 0 Å². The van der Waals surface area contributed by atoms with Crippen LogP contribution in [-0.2, 0) is 0 Å². The van der Waals surface area contributed by atoms with Crippen LogP contribution < -0.4 is 0 Å². The van der Waals surface area contributed by atoms with E-state index in [0.29, 0.717) is 29.6 Å². The molecule has 194 valence electrons. The van der Waals surface area contributed by atoms with Crippen molar-refractivity contribution in [1.29, 1.82) is 0 Å². The molecule has 3 rings (SSSR count). The topological polar surface area (TPSA) is 21.9 Å². The molecule has 1 aliphatic heterocycles. The molecule has 0 amide bonds. The maximum absolute atomic E-state index is 5.63. The van der Waals surface area contributed by atoms with E-state index in [1.165, 1.54) is 22.7 Å². The zero-order chi connectivity index (χ0) is 26.0. The molecule has 0 aromatic heterocycles. The normalized spacial score (nSPS) is 25.0. The lowest BCUT2D eigenvalue weighted by molar-refractivity contribution is -0.502. The van der Waals surface area contributed by atoms with E-state index in [1.807, 2.05) is 0 Å². The summed E-state index contributed by atoms with van der Waals surface area (Å²) >= 11 is 0. The summed E-state index contributed by atoms with van der Waals surface area (Å²) in [4.78, 5) is 10.5. The van der Waals surface area contributed by atoms with Crippen molar-refractivity contribution < 1.29 is 4.58 Å². The monoisotopic (exact) mass is 479 g/mol. The van der Waals surface area contributed by atoms with E-state index < -0.39 is 0 Å². The first kappa shape index (κ1) is 27.5. The number of rotatable bonds is 6. The lowest BCUT2D eigenvalue weighted by Crippen LogP contribution is -2.54. The van der Waals surface area contributed by atoms with E-state index >= 15 is 0 Å². The van der Waals surface area contributed by atoms with Gasteiger partial charge >= 0.3 is 5.84 Å². The number of hydrogen-bond donors (Lipinski definition) is 0. The zero-order valence-electron chi connectivity index (χ0n) is 24.4. The van der Waals surface area contributed by atoms with E-state index in [9.17, 15) is 0 Å². The molecular formula is C31H51N4+. The average Bonchev–Trinajstić information content (AvgIpc) is 2.80. The zero-order valence-corrected chi connectivity index (χ0v) is 24.4. The fourth-order valence-electron chi connectivity index (χ4n) is 5.92. The molecule has 2 atom stereocenters. The fraction of sp³-hybridized carbons (Fsp3) is 0.677. The van der Waals surface area contributed by atoms with Gasteiger partial charge in [-0.1, -0.05) is 79.7 Å². The highest BCUT2D eigenvalue weighted by atomic mass is 15.3. The van der Waals surface area contributed by atoms with Gasteiger partial charge in [-0.25, -0.2) is 4.90 Å². The van der Waals surface area contributed by atoms with Crippen LogP contribution in [0.2, 0.25) is 0 Å². The Labute approximate surface area is 215 Å². The molecule has 0 aromatic carbocycles. The Morgan fingerprint density at radius 1 is 1.03 bits per heavy atom. The molecule has 0 bridgehead atoms. The highest BCUT2D eigenvalue weighted by molar-refractivity contribution is 6.38. The molecule has 0 radical (unpaired) electrons. The first-order chi connectivity index (χ1) is 16.5. The van der Waals surface area contributed by atoms with Gasteiger partial charge in [-0.2, -0.15) is 0 Å². The van der Waals surface area contributed by atoms with E-state index in [4.69, 9.17) is 4.99 Å². The molecule has 0 fully saturated rings. The van der Waals surface area contributed by atoms with Crippen LogP contribution in [0, 0.1) is 29.6 Å². The van der Waals surface area contributed by atoms with Gasteiger partial charge in [-0.3, -0.25) is 9.57 Å². The molecule has 4 nitrogen and oxygen atoms in total. The first-order valence-corrected chi connectivity index (χ1v) is 13.9. The molecule has 0 aromatic rings. The van der Waals surface area contributed by atoms with Crippen LogP contribution in [0.3, 0.4) is 0 Å². The van der Waals surface area contributed by atoms with Crippen molar-refractivity contribution in [2.45, 2.75) is 74.3 Å². The smallest absolute Gasteiger partial charge is 0.319 e. The Bertz CT molecular complexity index is 968. The predicted octanol–water partition coefficient (Wildman–Crippen LogP) is 6.38. The predicted molar refractivity (Wildman–Crippen MR) is 152 cm³/mol. The molecular weight excluding hydrogens is 428 g/mol. The number of allylic oxidation sites excluding steroid dienone is 5. The van der Waals surface area contributed by atoms with Crippen LogP contribution in [-0.4, -0.2) is 66.3 Å². The van der Waals surface area contributed by atoms with Gasteiger partial charge in [0.05, 0.1) is 26.7 Å². The van der Waals surface area contributed by atoms with Gasteiger partial charge in [0.15, 0.2) is 0 Å². The molecule has 2 unspecified atom stereocenters. The van der Waals surface area contributed by atoms with Crippen LogP contribution in [0.15, 0.2) is 51.7 Å². The molecule has 0 N–H and O–H groups in total. The first-order valence-electron chi connectivity index (χ1n) is 13.9. The second kappa shape index (κ2) is 11.3. The summed E-state index contributed by atoms with van der Waals surface area (Å²) < 4.78 is 2.43. The van der Waals surface area contributed by atoms with E-state index in [2.05, 4.69) is 115 Å². The summed E-state index contributed by atoms with van der Waals surface area (Å²) in [7, 11) is 6.74. The molecule has 3 aliphatic rings. The number of amidine groups is 2. The Morgan fingerprint density at radius 2 is 1.71 bits per heavy atom. The van der Waals surface area contributed by atoms with Gasteiger partial charge in [-0.15, -0.1) is 0 Å². The average molecular weight is 480 g/mol. The van der Waals surface area contributed by atoms with Crippen LogP contribution in [0.4, 0.5) is 0 Å². The molecule has 4 heteroatoms. The molecule has 2 aliphatic carbocycles. The number of nitrogens with zero attached hydrogens (tertiary/aromatic N) is 4. The van der Waals surface area contributed by atoms with Crippen molar-refractivity contribution in [2.75, 3.05) is 34.2 Å². The van der Waals surface area contributed by atoms with Crippen molar-refractivity contribution in [3.8, 4) is 0 Å². The Kier molecular flexibility index (Phi) is 8.88. The van der Waals surface area contributed by atoms with Crippen LogP contribution in [0.1, 0.15) is 68.2 Å². The lowest BCUT2D eigenvalue weighted by atomic mass is 9.78. The Balaban J connectivity index is 2.18. The van der Waals surface area contributed by atoms with E-state index in [-0.39, 0.29) is 6.04 Å². The van der Waals surface area contributed by atoms with Crippen LogP contribution >= 0.6 is 0 Å². The third kappa shape index (κ3) is 5.67. The van der Waals surface area contributed by atoms with Gasteiger partial charge < -0.3 is 4.90 Å². The molecule has 0 saturated heterocycles. The minimum absolute atomic E-state index is 0.178. The molecule has 0 spiro atoms. The largest absolute Gasteiger partial charge is 0.349 e. The second-order valence-electron chi connectivity index (χ2n) is 12.0. The fourth-order valence-corrected chi connectivity index (χ4v) is 5.92. The van der Waals surface area contributed by atoms with Crippen molar-refractivity contribution in [3.05, 3.63) is 46.7 Å². The summed E-state index contributed by atoms with van der Waals surface area (Å²) in [6.07, 6.45) is 11.7. The SMILES string of the molecule is CC(C)C1=CCCC(C(C)C)=C1N(C)C1=[N+](C)CCN(C)C1=NC1C(C(C)C)=CC=CC1C(C)C. The highest BCUT2D eigenvalue weighted by Crippen LogP contribution is 2.37. The van der Waals surface area contributed by atoms with E-state index in [1.54, 1.807) is 5.57 Å². The molecule has 1 heterocycles. The third-order valence-corrected chi connectivity index (χ3v) is 8.05. The number of likely N-dealkylation sites (N-methyl/N-ethyl adjacent to an activating group) is 3. The number of hydrogen-bond acceptors (Lipinski definition) is 2. The standard InChI is InChI=1S/C31H51N4/c1-20(2)24-14-12-15-25(21(3)4)28(24)32-30-31(34(10)19-18-33(30)9)35(11)29-26(22(5)6)16-13-17-27(29)23(7)8/h12,14-16,20-24,28H,13,17-19H2,1-11H3/q+1. The van der Waals surface area contributed by atoms with Crippen molar-refractivity contribution in [3.63, 3.8) is 0 Å². The Hall–Kier alpha value is -2.10. The third-order valence-electron chi connectivity index (χ3n) is 8.05. The maximum Gasteiger partial charge on any atom is 0.319 e. The minimum atomic E-state index is 0.178. The van der Waals surface area contributed by atoms with Crippen LogP contribution in [0.5, 0.6) is 0 Å². The maximum atomic E-state index is 5.63. The van der Waals surface area contributed by atoms with Gasteiger partial charge in [0, 0.05) is 13.0 Å². The summed E-state index contributed by atoms with van der Waals surface area (Å²) in [5, 5.41) is 0. The van der Waals surface area contributed by atoms with Gasteiger partial charge in [0.2, 0.25) is 5.84 Å². The minimum Gasteiger partial charge on any atom is -0.349 e. The van der Waals surface area contributed by atoms with E-state index in [0.717, 1.165) is 31.8 Å². The van der Waals surface area contributed by atoms with Crippen molar-refractivity contribution in [1.82, 2.24) is 9.80 Å². The second-order valence-corrected chi connectivity index (χ2v) is 12.0. The Morgan fingerprint density at radius 3 is 2.29 bits per heavy atom.